The minimum absolute atomic E-state index is 0. The Bertz CT molecular complexity index is 547. The fourth-order valence-electron chi connectivity index (χ4n) is 1.54. The molecule has 0 aromatic heterocycles. The van der Waals surface area contributed by atoms with Gasteiger partial charge in [0.05, 0.1) is 11.9 Å². The summed E-state index contributed by atoms with van der Waals surface area (Å²) >= 11 is 0. The van der Waals surface area contributed by atoms with Crippen LogP contribution >= 0.6 is 0 Å². The van der Waals surface area contributed by atoms with Gasteiger partial charge in [0.25, 0.3) is 0 Å². The van der Waals surface area contributed by atoms with E-state index in [4.69, 9.17) is 10.2 Å². The number of carbonyl (C=O) groups excluding carboxylic acids is 2. The molecule has 2 rings (SSSR count). The van der Waals surface area contributed by atoms with E-state index >= 15 is 0 Å². The topological polar surface area (TPSA) is 121 Å². The van der Waals surface area contributed by atoms with Gasteiger partial charge in [-0.1, -0.05) is 60.7 Å². The largest absolute Gasteiger partial charge is 2.00 e. The number of hydrogen-bond donors (Lipinski definition) is 2. The molecule has 2 aromatic rings. The van der Waals surface area contributed by atoms with Crippen LogP contribution in [0.3, 0.4) is 0 Å². The summed E-state index contributed by atoms with van der Waals surface area (Å²) in [4.78, 5) is 20.3. The van der Waals surface area contributed by atoms with E-state index < -0.39 is 24.1 Å². The minimum Gasteiger partial charge on any atom is -0.547 e. The SMILES string of the molecule is O=C([O-])[C@@H](O)c1ccccc1.O=C([O-])[C@@H](O)c1ccccc1.[Mg+2]. The second kappa shape index (κ2) is 10.7. The molecule has 0 spiro atoms. The van der Waals surface area contributed by atoms with Crippen molar-refractivity contribution in [3.05, 3.63) is 71.8 Å². The van der Waals surface area contributed by atoms with Gasteiger partial charge in [0, 0.05) is 0 Å². The van der Waals surface area contributed by atoms with Crippen molar-refractivity contribution in [3.63, 3.8) is 0 Å². The number of carbonyl (C=O) groups is 2. The molecule has 0 bridgehead atoms. The molecular formula is C16H14MgO6. The predicted molar refractivity (Wildman–Crippen MR) is 78.6 cm³/mol. The second-order valence-electron chi connectivity index (χ2n) is 4.26. The molecule has 0 amide bonds. The van der Waals surface area contributed by atoms with Crippen LogP contribution in [0.25, 0.3) is 0 Å². The first-order valence-electron chi connectivity index (χ1n) is 6.31. The molecule has 0 unspecified atom stereocenters. The number of aliphatic hydroxyl groups is 2. The molecule has 0 radical (unpaired) electrons. The van der Waals surface area contributed by atoms with E-state index in [-0.39, 0.29) is 23.1 Å². The fourth-order valence-corrected chi connectivity index (χ4v) is 1.54. The predicted octanol–water partition coefficient (Wildman–Crippen LogP) is -1.44. The van der Waals surface area contributed by atoms with E-state index in [0.29, 0.717) is 11.1 Å². The van der Waals surface area contributed by atoms with Crippen molar-refractivity contribution in [1.82, 2.24) is 0 Å². The standard InChI is InChI=1S/2C8H8O3.Mg/c2*9-7(8(10)11)6-4-2-1-3-5-6;/h2*1-5,7,9H,(H,10,11);/q;;+2/p-2/t2*7-;/m00./s1. The average molecular weight is 327 g/mol. The molecule has 0 aliphatic heterocycles. The van der Waals surface area contributed by atoms with E-state index in [1.165, 1.54) is 24.3 Å². The van der Waals surface area contributed by atoms with E-state index in [1.54, 1.807) is 36.4 Å². The quantitative estimate of drug-likeness (QED) is 0.664. The summed E-state index contributed by atoms with van der Waals surface area (Å²) in [7, 11) is 0. The number of aliphatic hydroxyl groups excluding tert-OH is 2. The van der Waals surface area contributed by atoms with Crippen molar-refractivity contribution >= 4 is 35.0 Å². The molecule has 0 heterocycles. The summed E-state index contributed by atoms with van der Waals surface area (Å²) < 4.78 is 0. The van der Waals surface area contributed by atoms with Crippen molar-refractivity contribution in [3.8, 4) is 0 Å². The third-order valence-corrected chi connectivity index (χ3v) is 2.68. The van der Waals surface area contributed by atoms with Crippen LogP contribution in [0.4, 0.5) is 0 Å². The zero-order chi connectivity index (χ0) is 16.5. The van der Waals surface area contributed by atoms with Gasteiger partial charge in [-0.2, -0.15) is 0 Å². The van der Waals surface area contributed by atoms with Gasteiger partial charge in [-0.05, 0) is 11.1 Å². The van der Waals surface area contributed by atoms with Gasteiger partial charge in [0.15, 0.2) is 0 Å². The summed E-state index contributed by atoms with van der Waals surface area (Å²) in [5.41, 5.74) is 0.681. The number of hydrogen-bond acceptors (Lipinski definition) is 6. The monoisotopic (exact) mass is 326 g/mol. The normalized spacial score (nSPS) is 11.9. The van der Waals surface area contributed by atoms with Crippen LogP contribution < -0.4 is 10.2 Å². The van der Waals surface area contributed by atoms with E-state index in [2.05, 4.69) is 0 Å². The Morgan fingerprint density at radius 1 is 0.696 bits per heavy atom. The molecule has 116 valence electrons. The number of carboxylic acids is 2. The Labute approximate surface area is 149 Å². The summed E-state index contributed by atoms with van der Waals surface area (Å²) in [6, 6.07) is 16.2. The van der Waals surface area contributed by atoms with Crippen molar-refractivity contribution in [2.75, 3.05) is 0 Å². The Kier molecular flexibility index (Phi) is 9.83. The summed E-state index contributed by atoms with van der Waals surface area (Å²) in [5.74, 6) is -2.95. The van der Waals surface area contributed by atoms with Crippen LogP contribution in [0, 0.1) is 0 Å². The first kappa shape index (κ1) is 21.1. The zero-order valence-electron chi connectivity index (χ0n) is 12.2. The van der Waals surface area contributed by atoms with Crippen LogP contribution in [0.2, 0.25) is 0 Å². The fraction of sp³-hybridized carbons (Fsp3) is 0.125. The second-order valence-corrected chi connectivity index (χ2v) is 4.26. The first-order valence-corrected chi connectivity index (χ1v) is 6.31. The maximum atomic E-state index is 10.1. The van der Waals surface area contributed by atoms with Crippen molar-refractivity contribution < 1.29 is 30.0 Å². The molecule has 0 fully saturated rings. The molecule has 2 aromatic carbocycles. The Morgan fingerprint density at radius 2 is 0.957 bits per heavy atom. The smallest absolute Gasteiger partial charge is 0.547 e. The third kappa shape index (κ3) is 7.25. The van der Waals surface area contributed by atoms with Crippen LogP contribution in [-0.2, 0) is 9.59 Å². The Balaban J connectivity index is 0.000000403. The van der Waals surface area contributed by atoms with Gasteiger partial charge in [-0.3, -0.25) is 0 Å². The third-order valence-electron chi connectivity index (χ3n) is 2.68. The molecule has 0 saturated heterocycles. The summed E-state index contributed by atoms with van der Waals surface area (Å²) in [6.07, 6.45) is -3.03. The van der Waals surface area contributed by atoms with Crippen molar-refractivity contribution in [2.24, 2.45) is 0 Å². The van der Waals surface area contributed by atoms with E-state index in [9.17, 15) is 19.8 Å². The van der Waals surface area contributed by atoms with Gasteiger partial charge < -0.3 is 30.0 Å². The van der Waals surface area contributed by atoms with Crippen molar-refractivity contribution in [2.45, 2.75) is 12.2 Å². The van der Waals surface area contributed by atoms with Gasteiger partial charge in [-0.15, -0.1) is 0 Å². The molecule has 2 atom stereocenters. The number of carboxylic acid groups (broad SMARTS) is 2. The van der Waals surface area contributed by atoms with Gasteiger partial charge in [0.1, 0.15) is 12.2 Å². The minimum atomic E-state index is -1.52. The number of rotatable bonds is 4. The van der Waals surface area contributed by atoms with Gasteiger partial charge in [0.2, 0.25) is 0 Å². The Morgan fingerprint density at radius 3 is 1.17 bits per heavy atom. The Hall–Kier alpha value is -1.93. The molecule has 0 aliphatic carbocycles. The molecular weight excluding hydrogens is 312 g/mol. The molecule has 0 saturated carbocycles. The molecule has 23 heavy (non-hydrogen) atoms. The average Bonchev–Trinajstić information content (AvgIpc) is 2.55. The molecule has 0 aliphatic rings. The summed E-state index contributed by atoms with van der Waals surface area (Å²) in [6.45, 7) is 0. The van der Waals surface area contributed by atoms with E-state index in [1.807, 2.05) is 0 Å². The van der Waals surface area contributed by atoms with Crippen molar-refractivity contribution in [1.29, 1.82) is 0 Å². The summed E-state index contributed by atoms with van der Waals surface area (Å²) in [5, 5.41) is 38.1. The van der Waals surface area contributed by atoms with Gasteiger partial charge in [-0.25, -0.2) is 0 Å². The maximum absolute atomic E-state index is 10.1. The van der Waals surface area contributed by atoms with Gasteiger partial charge >= 0.3 is 23.1 Å². The van der Waals surface area contributed by atoms with Crippen LogP contribution in [0.15, 0.2) is 60.7 Å². The molecule has 2 N–H and O–H groups in total. The maximum Gasteiger partial charge on any atom is 2.00 e. The first-order chi connectivity index (χ1) is 10.4. The molecule has 7 heteroatoms. The van der Waals surface area contributed by atoms with E-state index in [0.717, 1.165) is 0 Å². The van der Waals surface area contributed by atoms with Crippen LogP contribution in [0.5, 0.6) is 0 Å². The zero-order valence-corrected chi connectivity index (χ0v) is 13.6. The van der Waals surface area contributed by atoms with Crippen LogP contribution in [0.1, 0.15) is 23.3 Å². The number of aliphatic carboxylic acids is 2. The van der Waals surface area contributed by atoms with Crippen LogP contribution in [-0.4, -0.2) is 45.2 Å². The number of benzene rings is 2. The molecule has 6 nitrogen and oxygen atoms in total.